The molecule has 0 heterocycles. The minimum absolute atomic E-state index is 0.0940. The van der Waals surface area contributed by atoms with Crippen LogP contribution in [-0.4, -0.2) is 30.1 Å². The first-order valence-electron chi connectivity index (χ1n) is 7.04. The Morgan fingerprint density at radius 2 is 1.75 bits per heavy atom. The van der Waals surface area contributed by atoms with E-state index in [1.165, 1.54) is 0 Å². The predicted molar refractivity (Wildman–Crippen MR) is 83.8 cm³/mol. The fourth-order valence-electron chi connectivity index (χ4n) is 1.31. The second kappa shape index (κ2) is 11.3. The van der Waals surface area contributed by atoms with Gasteiger partial charge in [-0.25, -0.2) is 9.78 Å². The quantitative estimate of drug-likeness (QED) is 0.132. The van der Waals surface area contributed by atoms with Crippen LogP contribution in [0.3, 0.4) is 0 Å². The van der Waals surface area contributed by atoms with Gasteiger partial charge >= 0.3 is 5.97 Å². The topological polar surface area (TPSA) is 44.8 Å². The molecule has 0 aliphatic rings. The Morgan fingerprint density at radius 1 is 1.10 bits per heavy atom. The van der Waals surface area contributed by atoms with E-state index in [4.69, 9.17) is 14.5 Å². The molecule has 118 valence electrons. The lowest BCUT2D eigenvalue weighted by Crippen LogP contribution is -2.19. The highest BCUT2D eigenvalue weighted by Gasteiger charge is 2.12. The molecule has 20 heavy (non-hydrogen) atoms. The van der Waals surface area contributed by atoms with Gasteiger partial charge in [-0.2, -0.15) is 0 Å². The molecule has 0 N–H and O–H groups in total. The summed E-state index contributed by atoms with van der Waals surface area (Å²) in [6.07, 6.45) is 3.93. The molecule has 0 aromatic carbocycles. The van der Waals surface area contributed by atoms with E-state index in [1.807, 2.05) is 20.8 Å². The number of carbonyl (C=O) groups excluding carboxylic acids is 1. The van der Waals surface area contributed by atoms with Gasteiger partial charge in [0.25, 0.3) is 0 Å². The van der Waals surface area contributed by atoms with Crippen molar-refractivity contribution in [3.8, 4) is 0 Å². The Balaban J connectivity index is 3.29. The third-order valence-corrected chi connectivity index (χ3v) is 2.58. The zero-order chi connectivity index (χ0) is 15.4. The molecule has 0 fully saturated rings. The van der Waals surface area contributed by atoms with Crippen LogP contribution in [0.4, 0.5) is 0 Å². The zero-order valence-electron chi connectivity index (χ0n) is 12.9. The number of esters is 1. The van der Waals surface area contributed by atoms with Gasteiger partial charge in [-0.3, -0.25) is 4.79 Å². The first-order chi connectivity index (χ1) is 9.31. The molecule has 0 saturated heterocycles. The smallest absolute Gasteiger partial charge is 0.305 e. The second-order valence-corrected chi connectivity index (χ2v) is 7.69. The van der Waals surface area contributed by atoms with Gasteiger partial charge in [0.15, 0.2) is 0 Å². The lowest BCUT2D eigenvalue weighted by Gasteiger charge is -2.14. The maximum Gasteiger partial charge on any atom is 0.305 e. The van der Waals surface area contributed by atoms with E-state index in [-0.39, 0.29) is 10.3 Å². The molecule has 0 aliphatic carbocycles. The standard InChI is InChI=1S/C15H27BrO4/c1-13(2)8-5-6-9-14(17)18-10-7-11-19-20-12-15(3,4)16/h1,5-12H2,2-4H3. The van der Waals surface area contributed by atoms with Crippen LogP contribution in [0.5, 0.6) is 0 Å². The van der Waals surface area contributed by atoms with Crippen LogP contribution in [0.2, 0.25) is 0 Å². The lowest BCUT2D eigenvalue weighted by molar-refractivity contribution is -0.298. The molecule has 0 aromatic heterocycles. The minimum atomic E-state index is -0.144. The normalized spacial score (nSPS) is 11.4. The van der Waals surface area contributed by atoms with Crippen LogP contribution >= 0.6 is 15.9 Å². The van der Waals surface area contributed by atoms with Crippen LogP contribution in [0.1, 0.15) is 52.9 Å². The highest BCUT2D eigenvalue weighted by molar-refractivity contribution is 9.10. The molecule has 0 aromatic rings. The fourth-order valence-corrected chi connectivity index (χ4v) is 1.41. The summed E-state index contributed by atoms with van der Waals surface area (Å²) in [6.45, 7) is 11.1. The summed E-state index contributed by atoms with van der Waals surface area (Å²) in [5.41, 5.74) is 1.15. The molecule has 0 rings (SSSR count). The van der Waals surface area contributed by atoms with Gasteiger partial charge < -0.3 is 4.74 Å². The first-order valence-corrected chi connectivity index (χ1v) is 7.84. The van der Waals surface area contributed by atoms with Gasteiger partial charge in [-0.1, -0.05) is 21.5 Å². The van der Waals surface area contributed by atoms with Gasteiger partial charge in [0, 0.05) is 17.2 Å². The lowest BCUT2D eigenvalue weighted by atomic mass is 10.1. The van der Waals surface area contributed by atoms with Crippen molar-refractivity contribution in [2.45, 2.75) is 57.2 Å². The summed E-state index contributed by atoms with van der Waals surface area (Å²) in [6, 6.07) is 0. The van der Waals surface area contributed by atoms with Gasteiger partial charge in [0.05, 0.1) is 19.8 Å². The summed E-state index contributed by atoms with van der Waals surface area (Å²) in [5.74, 6) is -0.144. The van der Waals surface area contributed by atoms with E-state index in [1.54, 1.807) is 0 Å². The summed E-state index contributed by atoms with van der Waals surface area (Å²) >= 11 is 3.44. The van der Waals surface area contributed by atoms with E-state index in [0.717, 1.165) is 24.8 Å². The number of carbonyl (C=O) groups is 1. The average molecular weight is 351 g/mol. The molecule has 0 amide bonds. The number of ether oxygens (including phenoxy) is 1. The van der Waals surface area contributed by atoms with Crippen molar-refractivity contribution in [2.24, 2.45) is 0 Å². The number of halogens is 1. The average Bonchev–Trinajstić information content (AvgIpc) is 2.32. The van der Waals surface area contributed by atoms with Crippen molar-refractivity contribution in [1.82, 2.24) is 0 Å². The summed E-state index contributed by atoms with van der Waals surface area (Å²) < 4.78 is 5.00. The molecule has 0 bridgehead atoms. The molecular formula is C15H27BrO4. The molecule has 0 spiro atoms. The third kappa shape index (κ3) is 15.7. The maximum atomic E-state index is 11.4. The van der Waals surface area contributed by atoms with Crippen molar-refractivity contribution in [3.05, 3.63) is 12.2 Å². The maximum absolute atomic E-state index is 11.4. The summed E-state index contributed by atoms with van der Waals surface area (Å²) in [4.78, 5) is 21.4. The largest absolute Gasteiger partial charge is 0.466 e. The van der Waals surface area contributed by atoms with E-state index in [2.05, 4.69) is 22.5 Å². The highest BCUT2D eigenvalue weighted by Crippen LogP contribution is 2.15. The Bertz CT molecular complexity index is 284. The number of hydrogen-bond acceptors (Lipinski definition) is 4. The van der Waals surface area contributed by atoms with E-state index in [9.17, 15) is 4.79 Å². The van der Waals surface area contributed by atoms with Crippen LogP contribution < -0.4 is 0 Å². The van der Waals surface area contributed by atoms with E-state index in [0.29, 0.717) is 32.7 Å². The van der Waals surface area contributed by atoms with Gasteiger partial charge in [0.2, 0.25) is 0 Å². The zero-order valence-corrected chi connectivity index (χ0v) is 14.5. The van der Waals surface area contributed by atoms with Gasteiger partial charge in [-0.15, -0.1) is 6.58 Å². The number of allylic oxidation sites excluding steroid dienone is 1. The Labute approximate surface area is 130 Å². The SMILES string of the molecule is C=C(C)CCCCC(=O)OCCCOOCC(C)(C)Br. The summed E-state index contributed by atoms with van der Waals surface area (Å²) in [7, 11) is 0. The van der Waals surface area contributed by atoms with Gasteiger partial charge in [-0.05, 0) is 40.0 Å². The molecule has 0 unspecified atom stereocenters. The van der Waals surface area contributed by atoms with E-state index >= 15 is 0 Å². The van der Waals surface area contributed by atoms with E-state index < -0.39 is 0 Å². The molecule has 0 saturated carbocycles. The second-order valence-electron chi connectivity index (χ2n) is 5.54. The Morgan fingerprint density at radius 3 is 2.35 bits per heavy atom. The van der Waals surface area contributed by atoms with Crippen LogP contribution in [0.25, 0.3) is 0 Å². The molecule has 0 aliphatic heterocycles. The number of unbranched alkanes of at least 4 members (excludes halogenated alkanes) is 1. The fraction of sp³-hybridized carbons (Fsp3) is 0.800. The summed E-state index contributed by atoms with van der Waals surface area (Å²) in [5, 5.41) is 0. The van der Waals surface area contributed by atoms with Crippen LogP contribution in [0.15, 0.2) is 12.2 Å². The van der Waals surface area contributed by atoms with Crippen molar-refractivity contribution in [3.63, 3.8) is 0 Å². The number of rotatable bonds is 12. The minimum Gasteiger partial charge on any atom is -0.466 e. The van der Waals surface area contributed by atoms with Gasteiger partial charge in [0.1, 0.15) is 0 Å². The number of hydrogen-bond donors (Lipinski definition) is 0. The van der Waals surface area contributed by atoms with Crippen molar-refractivity contribution in [2.75, 3.05) is 19.8 Å². The Kier molecular flexibility index (Phi) is 11.1. The molecular weight excluding hydrogens is 324 g/mol. The molecule has 0 radical (unpaired) electrons. The Hall–Kier alpha value is -0.390. The predicted octanol–water partition coefficient (Wildman–Crippen LogP) is 4.18. The van der Waals surface area contributed by atoms with Crippen LogP contribution in [-0.2, 0) is 19.3 Å². The first kappa shape index (κ1) is 19.6. The monoisotopic (exact) mass is 350 g/mol. The molecule has 5 heteroatoms. The number of alkyl halides is 1. The van der Waals surface area contributed by atoms with Crippen molar-refractivity contribution in [1.29, 1.82) is 0 Å². The van der Waals surface area contributed by atoms with Crippen LogP contribution in [0, 0.1) is 0 Å². The van der Waals surface area contributed by atoms with Crippen molar-refractivity contribution < 1.29 is 19.3 Å². The van der Waals surface area contributed by atoms with Crippen molar-refractivity contribution >= 4 is 21.9 Å². The third-order valence-electron chi connectivity index (χ3n) is 2.36. The molecule has 0 atom stereocenters. The highest BCUT2D eigenvalue weighted by atomic mass is 79.9. The molecule has 4 nitrogen and oxygen atoms in total.